The number of ether oxygens (including phenoxy) is 1. The van der Waals surface area contributed by atoms with Crippen molar-refractivity contribution in [2.45, 2.75) is 6.92 Å². The Morgan fingerprint density at radius 3 is 2.59 bits per heavy atom. The van der Waals surface area contributed by atoms with Crippen LogP contribution >= 0.6 is 0 Å². The average Bonchev–Trinajstić information content (AvgIpc) is 2.93. The van der Waals surface area contributed by atoms with E-state index in [0.29, 0.717) is 17.5 Å². The standard InChI is InChI=1S/C15H16N6O/c1-10-6-13(21-20-10)18-15-9-16-8-14(19-15)17-11-4-3-5-12(7-11)22-2/h3-9H,1-2H3,(H3,17,18,19,20,21). The van der Waals surface area contributed by atoms with E-state index < -0.39 is 0 Å². The molecule has 3 N–H and O–H groups in total. The molecule has 7 heteroatoms. The van der Waals surface area contributed by atoms with Gasteiger partial charge in [-0.3, -0.25) is 10.1 Å². The zero-order chi connectivity index (χ0) is 15.4. The average molecular weight is 296 g/mol. The summed E-state index contributed by atoms with van der Waals surface area (Å²) in [4.78, 5) is 8.62. The van der Waals surface area contributed by atoms with E-state index in [0.717, 1.165) is 17.1 Å². The first-order chi connectivity index (χ1) is 10.7. The van der Waals surface area contributed by atoms with Gasteiger partial charge in [0.2, 0.25) is 0 Å². The van der Waals surface area contributed by atoms with Crippen molar-refractivity contribution in [2.24, 2.45) is 0 Å². The monoisotopic (exact) mass is 296 g/mol. The first kappa shape index (κ1) is 13.9. The molecule has 0 unspecified atom stereocenters. The minimum Gasteiger partial charge on any atom is -0.497 e. The summed E-state index contributed by atoms with van der Waals surface area (Å²) >= 11 is 0. The van der Waals surface area contributed by atoms with Crippen LogP contribution in [0.4, 0.5) is 23.1 Å². The molecule has 22 heavy (non-hydrogen) atoms. The molecule has 0 aliphatic rings. The van der Waals surface area contributed by atoms with Crippen molar-refractivity contribution in [3.05, 3.63) is 48.4 Å². The van der Waals surface area contributed by atoms with Crippen molar-refractivity contribution in [3.8, 4) is 5.75 Å². The number of aromatic nitrogens is 4. The number of methoxy groups -OCH3 is 1. The molecular formula is C15H16N6O. The number of aryl methyl sites for hydroxylation is 1. The highest BCUT2D eigenvalue weighted by atomic mass is 16.5. The Balaban J connectivity index is 1.75. The molecule has 3 aromatic rings. The molecule has 0 saturated heterocycles. The molecule has 0 saturated carbocycles. The quantitative estimate of drug-likeness (QED) is 0.671. The SMILES string of the molecule is COc1cccc(Nc2cncc(Nc3cc(C)[nH]n3)n2)c1. The molecule has 0 aliphatic heterocycles. The van der Waals surface area contributed by atoms with E-state index in [1.807, 2.05) is 37.3 Å². The predicted octanol–water partition coefficient (Wildman–Crippen LogP) is 3.00. The number of H-pyrrole nitrogens is 1. The van der Waals surface area contributed by atoms with Crippen LogP contribution in [0.25, 0.3) is 0 Å². The van der Waals surface area contributed by atoms with E-state index in [9.17, 15) is 0 Å². The van der Waals surface area contributed by atoms with Gasteiger partial charge in [-0.15, -0.1) is 0 Å². The molecule has 2 aromatic heterocycles. The fourth-order valence-corrected chi connectivity index (χ4v) is 1.95. The molecule has 0 aliphatic carbocycles. The van der Waals surface area contributed by atoms with E-state index in [-0.39, 0.29) is 0 Å². The summed E-state index contributed by atoms with van der Waals surface area (Å²) in [6.07, 6.45) is 3.29. The van der Waals surface area contributed by atoms with Gasteiger partial charge in [-0.2, -0.15) is 5.10 Å². The van der Waals surface area contributed by atoms with E-state index in [4.69, 9.17) is 4.74 Å². The number of hydrogen-bond donors (Lipinski definition) is 3. The maximum absolute atomic E-state index is 5.20. The Labute approximate surface area is 127 Å². The number of rotatable bonds is 5. The van der Waals surface area contributed by atoms with Crippen LogP contribution in [0.5, 0.6) is 5.75 Å². The molecule has 0 spiro atoms. The second-order valence-corrected chi connectivity index (χ2v) is 4.71. The van der Waals surface area contributed by atoms with Crippen LogP contribution in [0.15, 0.2) is 42.7 Å². The molecule has 0 amide bonds. The number of nitrogens with zero attached hydrogens (tertiary/aromatic N) is 3. The second-order valence-electron chi connectivity index (χ2n) is 4.71. The molecule has 2 heterocycles. The van der Waals surface area contributed by atoms with Crippen LogP contribution in [0.3, 0.4) is 0 Å². The van der Waals surface area contributed by atoms with Crippen LogP contribution in [0.1, 0.15) is 5.69 Å². The lowest BCUT2D eigenvalue weighted by molar-refractivity contribution is 0.415. The summed E-state index contributed by atoms with van der Waals surface area (Å²) in [6.45, 7) is 1.94. The van der Waals surface area contributed by atoms with Gasteiger partial charge >= 0.3 is 0 Å². The van der Waals surface area contributed by atoms with Gasteiger partial charge in [-0.1, -0.05) is 6.07 Å². The second kappa shape index (κ2) is 6.13. The molecule has 0 radical (unpaired) electrons. The van der Waals surface area contributed by atoms with Crippen LogP contribution in [-0.2, 0) is 0 Å². The number of anilines is 4. The molecule has 3 rings (SSSR count). The fourth-order valence-electron chi connectivity index (χ4n) is 1.95. The Bertz CT molecular complexity index is 770. The Morgan fingerprint density at radius 1 is 1.05 bits per heavy atom. The van der Waals surface area contributed by atoms with E-state index in [1.165, 1.54) is 0 Å². The minimum absolute atomic E-state index is 0.611. The number of benzene rings is 1. The van der Waals surface area contributed by atoms with Crippen molar-refractivity contribution in [1.82, 2.24) is 20.2 Å². The zero-order valence-corrected chi connectivity index (χ0v) is 12.3. The lowest BCUT2D eigenvalue weighted by Gasteiger charge is -2.08. The van der Waals surface area contributed by atoms with Crippen LogP contribution in [-0.4, -0.2) is 27.3 Å². The highest BCUT2D eigenvalue weighted by molar-refractivity contribution is 5.60. The van der Waals surface area contributed by atoms with E-state index >= 15 is 0 Å². The van der Waals surface area contributed by atoms with Gasteiger partial charge in [0.1, 0.15) is 5.75 Å². The summed E-state index contributed by atoms with van der Waals surface area (Å²) < 4.78 is 5.20. The van der Waals surface area contributed by atoms with Crippen LogP contribution in [0.2, 0.25) is 0 Å². The summed E-state index contributed by atoms with van der Waals surface area (Å²) in [6, 6.07) is 9.50. The van der Waals surface area contributed by atoms with Gasteiger partial charge in [0, 0.05) is 23.5 Å². The van der Waals surface area contributed by atoms with Gasteiger partial charge in [0.05, 0.1) is 19.5 Å². The summed E-state index contributed by atoms with van der Waals surface area (Å²) in [5, 5.41) is 13.3. The zero-order valence-electron chi connectivity index (χ0n) is 12.3. The molecular weight excluding hydrogens is 280 g/mol. The predicted molar refractivity (Wildman–Crippen MR) is 84.9 cm³/mol. The summed E-state index contributed by atoms with van der Waals surface area (Å²) in [5.74, 6) is 2.72. The maximum Gasteiger partial charge on any atom is 0.153 e. The Morgan fingerprint density at radius 2 is 1.86 bits per heavy atom. The van der Waals surface area contributed by atoms with Crippen molar-refractivity contribution in [2.75, 3.05) is 17.7 Å². The van der Waals surface area contributed by atoms with Gasteiger partial charge in [0.15, 0.2) is 17.5 Å². The lowest BCUT2D eigenvalue weighted by Crippen LogP contribution is -1.99. The number of aromatic amines is 1. The van der Waals surface area contributed by atoms with Crippen LogP contribution in [0, 0.1) is 6.92 Å². The summed E-state index contributed by atoms with van der Waals surface area (Å²) in [7, 11) is 1.63. The van der Waals surface area contributed by atoms with Gasteiger partial charge < -0.3 is 15.4 Å². The minimum atomic E-state index is 0.611. The smallest absolute Gasteiger partial charge is 0.153 e. The Kier molecular flexibility index (Phi) is 3.86. The fraction of sp³-hybridized carbons (Fsp3) is 0.133. The Hall–Kier alpha value is -3.09. The molecule has 1 aromatic carbocycles. The van der Waals surface area contributed by atoms with Crippen molar-refractivity contribution in [3.63, 3.8) is 0 Å². The number of hydrogen-bond acceptors (Lipinski definition) is 6. The van der Waals surface area contributed by atoms with Gasteiger partial charge in [-0.25, -0.2) is 4.98 Å². The van der Waals surface area contributed by atoms with Crippen molar-refractivity contribution < 1.29 is 4.74 Å². The van der Waals surface area contributed by atoms with Crippen LogP contribution < -0.4 is 15.4 Å². The third-order valence-electron chi connectivity index (χ3n) is 2.94. The van der Waals surface area contributed by atoms with Crippen molar-refractivity contribution >= 4 is 23.1 Å². The first-order valence-corrected chi connectivity index (χ1v) is 6.75. The normalized spacial score (nSPS) is 10.3. The molecule has 112 valence electrons. The first-order valence-electron chi connectivity index (χ1n) is 6.75. The molecule has 0 atom stereocenters. The topological polar surface area (TPSA) is 87.8 Å². The molecule has 0 fully saturated rings. The maximum atomic E-state index is 5.20. The van der Waals surface area contributed by atoms with Crippen molar-refractivity contribution in [1.29, 1.82) is 0 Å². The van der Waals surface area contributed by atoms with E-state index in [1.54, 1.807) is 19.5 Å². The van der Waals surface area contributed by atoms with Gasteiger partial charge in [-0.05, 0) is 19.1 Å². The van der Waals surface area contributed by atoms with E-state index in [2.05, 4.69) is 30.8 Å². The lowest BCUT2D eigenvalue weighted by atomic mass is 10.3. The highest BCUT2D eigenvalue weighted by Crippen LogP contribution is 2.21. The largest absolute Gasteiger partial charge is 0.497 e. The third kappa shape index (κ3) is 3.32. The summed E-state index contributed by atoms with van der Waals surface area (Å²) in [5.41, 5.74) is 1.85. The van der Waals surface area contributed by atoms with Gasteiger partial charge in [0.25, 0.3) is 0 Å². The third-order valence-corrected chi connectivity index (χ3v) is 2.94. The molecule has 7 nitrogen and oxygen atoms in total. The highest BCUT2D eigenvalue weighted by Gasteiger charge is 2.03. The molecule has 0 bridgehead atoms. The number of nitrogens with one attached hydrogen (secondary N) is 3.